The van der Waals surface area contributed by atoms with Crippen LogP contribution in [-0.4, -0.2) is 73.0 Å². The van der Waals surface area contributed by atoms with Gasteiger partial charge in [-0.15, -0.1) is 0 Å². The molecule has 100 heavy (non-hydrogen) atoms. The minimum atomic E-state index is -0.419. The molecule has 0 spiro atoms. The van der Waals surface area contributed by atoms with E-state index in [9.17, 15) is 24.6 Å². The van der Waals surface area contributed by atoms with Crippen LogP contribution in [0.5, 0.6) is 23.0 Å². The number of phenols is 2. The quantitative estimate of drug-likeness (QED) is 0.00470. The molecule has 0 atom stereocenters. The van der Waals surface area contributed by atoms with E-state index in [1.807, 2.05) is 69.3 Å². The topological polar surface area (TPSA) is 336 Å². The molecule has 0 heterocycles. The van der Waals surface area contributed by atoms with Crippen molar-refractivity contribution in [2.75, 3.05) is 38.4 Å². The van der Waals surface area contributed by atoms with E-state index < -0.39 is 11.9 Å². The average molecular weight is 1500 g/mol. The third-order valence-electron chi connectivity index (χ3n) is 12.8. The van der Waals surface area contributed by atoms with Crippen LogP contribution in [-0.2, 0) is 38.3 Å². The second-order valence-electron chi connectivity index (χ2n) is 20.3. The first kappa shape index (κ1) is 81.1. The number of aromatic hydroxyl groups is 2. The van der Waals surface area contributed by atoms with E-state index in [4.69, 9.17) is 45.6 Å². The zero-order valence-electron chi connectivity index (χ0n) is 65.4. The standard InChI is InChI=1S/C33H32N6O6.C25H20N6O2.C12H23BrO2.CH2O3.CH4.2K.5H2.H/c1-4-42-32(40)21-44-29-15-10-26(11-16-29)35-34-24-6-8-25(9-7-24)37-39-31-19-14-28(20-23(31)3)38-36-27-12-17-30(18-13-27)45-22-33(41)43-5-2;1-17-16-22(30-28-21-8-13-24(33)14-9-21)10-15-25(17)31-29-19-4-2-18(3-5-19)26-27-20-6-11-23(32)12-7-20;1-2-15-12(14)10-8-6-4-3-5-7-9-11-13;2-1-4-3;;;;;;;;;/h6-20H,4-5,21-22H2,1-3H3;2-16,32-33H,1H3;2-11H2,1H3;1,3H;1H4;;;5*1H;/q;;;;;2*+1;;;;;;-1/p-1/i;;;;;;;4*1+1D;1+1;. The molecular weight excluding hydrogens is 1400 g/mol. The molecule has 0 aromatic heterocycles. The molecule has 0 amide bonds. The Morgan fingerprint density at radius 3 is 0.960 bits per heavy atom. The largest absolute Gasteiger partial charge is 1.00 e. The molecule has 526 valence electrons. The van der Waals surface area contributed by atoms with Crippen molar-refractivity contribution in [3.05, 3.63) is 193 Å². The monoisotopic (exact) mass is 1500 g/mol. The maximum Gasteiger partial charge on any atom is 1.00 e. The molecule has 0 aliphatic carbocycles. The van der Waals surface area contributed by atoms with Crippen molar-refractivity contribution in [1.82, 2.24) is 0 Å². The van der Waals surface area contributed by atoms with Crippen molar-refractivity contribution >= 4 is 109 Å². The van der Waals surface area contributed by atoms with Crippen LogP contribution in [0.2, 0.25) is 0 Å². The molecule has 0 fully saturated rings. The number of halogens is 1. The summed E-state index contributed by atoms with van der Waals surface area (Å²) in [4.78, 5) is 45.1. The fourth-order valence-electron chi connectivity index (χ4n) is 7.91. The van der Waals surface area contributed by atoms with Crippen LogP contribution in [0.1, 0.15) is 105 Å². The van der Waals surface area contributed by atoms with Crippen LogP contribution in [0, 0.1) is 13.8 Å². The van der Waals surface area contributed by atoms with Gasteiger partial charge in [0.15, 0.2) is 13.2 Å². The van der Waals surface area contributed by atoms with Crippen LogP contribution >= 0.6 is 15.9 Å². The van der Waals surface area contributed by atoms with E-state index >= 15 is 0 Å². The first-order valence-corrected chi connectivity index (χ1v) is 32.0. The zero-order valence-corrected chi connectivity index (χ0v) is 64.3. The van der Waals surface area contributed by atoms with Gasteiger partial charge in [-0.05, 0) is 241 Å². The number of phenolic OH excluding ortho intramolecular Hbond substituents is 2. The molecule has 8 aromatic carbocycles. The van der Waals surface area contributed by atoms with Gasteiger partial charge >= 0.3 is 121 Å². The van der Waals surface area contributed by atoms with E-state index in [0.29, 0.717) is 100 Å². The van der Waals surface area contributed by atoms with Crippen molar-refractivity contribution in [1.29, 1.82) is 0 Å². The minimum absolute atomic E-state index is 0. The van der Waals surface area contributed by atoms with Crippen molar-refractivity contribution < 1.29 is 181 Å². The Labute approximate surface area is 691 Å². The van der Waals surface area contributed by atoms with Crippen LogP contribution < -0.4 is 118 Å². The predicted octanol–water partition coefficient (Wildman–Crippen LogP) is 16.3. The summed E-state index contributed by atoms with van der Waals surface area (Å²) in [6, 6.07) is 52.3. The molecule has 0 unspecified atom stereocenters. The Kier molecular flexibility index (Phi) is 43.1. The summed E-state index contributed by atoms with van der Waals surface area (Å²) in [5.74, 6) is 0.565. The second kappa shape index (κ2) is 53.1. The van der Waals surface area contributed by atoms with Gasteiger partial charge in [-0.2, -0.15) is 61.4 Å². The molecule has 0 aliphatic heterocycles. The maximum absolute atomic E-state index is 11.4. The molecular formula is C72H91BrK2N12O13. The van der Waals surface area contributed by atoms with Crippen molar-refractivity contribution in [2.45, 2.75) is 93.4 Å². The molecule has 2 N–H and O–H groups in total. The summed E-state index contributed by atoms with van der Waals surface area (Å²) in [5, 5.41) is 79.2. The minimum Gasteiger partial charge on any atom is -1.00 e. The molecule has 0 aliphatic rings. The van der Waals surface area contributed by atoms with Gasteiger partial charge in [0.2, 0.25) is 0 Å². The van der Waals surface area contributed by atoms with E-state index in [1.165, 1.54) is 32.1 Å². The van der Waals surface area contributed by atoms with E-state index in [-0.39, 0.29) is 150 Å². The van der Waals surface area contributed by atoms with Gasteiger partial charge < -0.3 is 45.5 Å². The second-order valence-corrected chi connectivity index (χ2v) is 21.1. The van der Waals surface area contributed by atoms with Gasteiger partial charge in [-0.25, -0.2) is 9.59 Å². The number of azo groups is 6. The van der Waals surface area contributed by atoms with Crippen LogP contribution in [0.15, 0.2) is 243 Å². The Morgan fingerprint density at radius 1 is 0.420 bits per heavy atom. The number of carbonyl (C=O) groups excluding carboxylic acids is 4. The van der Waals surface area contributed by atoms with Crippen molar-refractivity contribution in [2.24, 2.45) is 61.4 Å². The number of hydrogen-bond acceptors (Lipinski definition) is 25. The summed E-state index contributed by atoms with van der Waals surface area (Å²) < 4.78 is 65.3. The SMILES string of the molecule is C.CCOC(=O)CCCCCCCCCBr.CCOC(=O)COc1ccc(N=Nc2ccc(N=Nc3ccc(N=Nc4ccc(OCC(=O)OCC)cc4)cc3C)cc2)cc1.Cc1cc(N=Nc2ccc(O)cc2)ccc1N=Nc1ccc(N=Nc2ccc(O)cc2)cc1.O=CO[O-].[2HH].[2H][2H].[2H][2H].[2H][2H].[2H][2H].[H-].[K+].[K+]. The predicted molar refractivity (Wildman–Crippen MR) is 387 cm³/mol. The fraction of sp³-hybridized carbons (Fsp3) is 0.278. The normalized spacial score (nSPS) is 11.0. The number of alkyl halides is 1. The number of nitrogens with zero attached hydrogens (tertiary/aromatic N) is 12. The van der Waals surface area contributed by atoms with E-state index in [2.05, 4.69) is 82.2 Å². The number of carbonyl (C=O) groups is 4. The summed E-state index contributed by atoms with van der Waals surface area (Å²) in [5.41, 5.74) is 9.87. The average Bonchev–Trinajstić information content (AvgIpc) is 0.862. The van der Waals surface area contributed by atoms with Gasteiger partial charge in [0.05, 0.1) is 88.1 Å². The van der Waals surface area contributed by atoms with Crippen molar-refractivity contribution in [3.8, 4) is 23.0 Å². The molecule has 8 aromatic rings. The van der Waals surface area contributed by atoms with Gasteiger partial charge in [-0.1, -0.05) is 55.5 Å². The van der Waals surface area contributed by atoms with Crippen molar-refractivity contribution in [3.63, 3.8) is 0 Å². The summed E-state index contributed by atoms with van der Waals surface area (Å²) >= 11 is 3.42. The number of rotatable bonds is 31. The number of aryl methyl sites for hydroxylation is 2. The number of unbranched alkanes of at least 4 members (excludes halogenated alkanes) is 6. The van der Waals surface area contributed by atoms with Crippen LogP contribution in [0.3, 0.4) is 0 Å². The Morgan fingerprint density at radius 2 is 0.670 bits per heavy atom. The first-order chi connectivity index (χ1) is 51.2. The van der Waals surface area contributed by atoms with Crippen LogP contribution in [0.4, 0.5) is 68.2 Å². The van der Waals surface area contributed by atoms with Gasteiger partial charge in [-0.3, -0.25) is 9.59 Å². The number of benzene rings is 8. The fourth-order valence-corrected chi connectivity index (χ4v) is 8.31. The Balaban J connectivity index is -0.000000497. The molecule has 0 saturated carbocycles. The zero-order chi connectivity index (χ0) is 77.7. The number of esters is 3. The van der Waals surface area contributed by atoms with Crippen LogP contribution in [0.25, 0.3) is 0 Å². The van der Waals surface area contributed by atoms with E-state index in [0.717, 1.165) is 35.0 Å². The summed E-state index contributed by atoms with van der Waals surface area (Å²) in [6.07, 6.45) is 9.22. The smallest absolute Gasteiger partial charge is 1.00 e. The molecule has 0 bridgehead atoms. The number of ether oxygens (including phenoxy) is 5. The third-order valence-corrected chi connectivity index (χ3v) is 13.3. The molecule has 25 nitrogen and oxygen atoms in total. The number of hydrogen-bond donors (Lipinski definition) is 2. The molecule has 28 heteroatoms. The Hall–Kier alpha value is -7.85. The van der Waals surface area contributed by atoms with Gasteiger partial charge in [0, 0.05) is 25.1 Å². The van der Waals surface area contributed by atoms with Gasteiger partial charge in [0.1, 0.15) is 23.0 Å². The molecule has 8 rings (SSSR count). The van der Waals surface area contributed by atoms with E-state index in [1.54, 1.807) is 147 Å². The molecule has 0 radical (unpaired) electrons. The summed E-state index contributed by atoms with van der Waals surface area (Å²) in [7, 11) is 0. The first-order valence-electron chi connectivity index (χ1n) is 34.9. The maximum atomic E-state index is 11.4. The summed E-state index contributed by atoms with van der Waals surface area (Å²) in [6.45, 7) is 9.84. The van der Waals surface area contributed by atoms with Gasteiger partial charge in [0.25, 0.3) is 6.47 Å². The third kappa shape index (κ3) is 37.5. The molecule has 0 saturated heterocycles. The Bertz CT molecular complexity index is 3900.